The van der Waals surface area contributed by atoms with Crippen LogP contribution in [0.3, 0.4) is 0 Å². The topological polar surface area (TPSA) is 93.5 Å². The number of methoxy groups -OCH3 is 1. The van der Waals surface area contributed by atoms with Crippen molar-refractivity contribution < 1.29 is 14.3 Å². The molecule has 0 radical (unpaired) electrons. The molecule has 1 aromatic carbocycles. The summed E-state index contributed by atoms with van der Waals surface area (Å²) in [5, 5.41) is 5.31. The first kappa shape index (κ1) is 15.0. The molecule has 2 amide bonds. The van der Waals surface area contributed by atoms with Gasteiger partial charge in [0.05, 0.1) is 7.11 Å². The smallest absolute Gasteiger partial charge is 0.411 e. The van der Waals surface area contributed by atoms with Crippen molar-refractivity contribution in [3.05, 3.63) is 24.3 Å². The number of carbonyl (C=O) groups excluding carboxylic acids is 2. The van der Waals surface area contributed by atoms with E-state index in [1.54, 1.807) is 24.3 Å². The molecule has 6 heteroatoms. The molecule has 0 fully saturated rings. The van der Waals surface area contributed by atoms with E-state index in [4.69, 9.17) is 5.73 Å². The largest absolute Gasteiger partial charge is 0.453 e. The number of nitrogens with one attached hydrogen (secondary N) is 2. The monoisotopic (exact) mass is 265 g/mol. The minimum atomic E-state index is -0.534. The Morgan fingerprint density at radius 3 is 2.21 bits per heavy atom. The Morgan fingerprint density at radius 2 is 1.74 bits per heavy atom. The van der Waals surface area contributed by atoms with Gasteiger partial charge in [0.25, 0.3) is 0 Å². The molecule has 0 heterocycles. The van der Waals surface area contributed by atoms with Gasteiger partial charge in [-0.05, 0) is 37.2 Å². The fourth-order valence-electron chi connectivity index (χ4n) is 1.45. The molecular weight excluding hydrogens is 246 g/mol. The van der Waals surface area contributed by atoms with E-state index >= 15 is 0 Å². The molecule has 0 saturated carbocycles. The lowest BCUT2D eigenvalue weighted by Crippen LogP contribution is -2.22. The van der Waals surface area contributed by atoms with Gasteiger partial charge in [0.1, 0.15) is 0 Å². The van der Waals surface area contributed by atoms with E-state index in [2.05, 4.69) is 15.4 Å². The highest BCUT2D eigenvalue weighted by Crippen LogP contribution is 2.15. The number of hydrogen-bond donors (Lipinski definition) is 3. The maximum absolute atomic E-state index is 11.8. The van der Waals surface area contributed by atoms with Gasteiger partial charge in [0.15, 0.2) is 0 Å². The van der Waals surface area contributed by atoms with Crippen LogP contribution in [0.5, 0.6) is 0 Å². The third-order valence-electron chi connectivity index (χ3n) is 2.63. The van der Waals surface area contributed by atoms with Gasteiger partial charge < -0.3 is 15.8 Å². The minimum Gasteiger partial charge on any atom is -0.453 e. The zero-order valence-corrected chi connectivity index (χ0v) is 11.1. The summed E-state index contributed by atoms with van der Waals surface area (Å²) in [6, 6.07) is 6.77. The summed E-state index contributed by atoms with van der Waals surface area (Å²) in [6.07, 6.45) is 0.113. The van der Waals surface area contributed by atoms with E-state index in [0.29, 0.717) is 24.3 Å². The summed E-state index contributed by atoms with van der Waals surface area (Å²) in [5.41, 5.74) is 6.68. The van der Waals surface area contributed by atoms with Crippen LogP contribution in [0.15, 0.2) is 24.3 Å². The van der Waals surface area contributed by atoms with Crippen LogP contribution in [0.25, 0.3) is 0 Å². The molecule has 1 atom stereocenters. The number of benzene rings is 1. The number of rotatable bonds is 5. The summed E-state index contributed by atoms with van der Waals surface area (Å²) in [6.45, 7) is 2.31. The van der Waals surface area contributed by atoms with Gasteiger partial charge in [0, 0.05) is 17.3 Å². The summed E-state index contributed by atoms with van der Waals surface area (Å²) in [5.74, 6) is -0.197. The van der Waals surface area contributed by atoms with Crippen LogP contribution in [0.4, 0.5) is 16.2 Å². The van der Waals surface area contributed by atoms with E-state index < -0.39 is 6.09 Å². The molecule has 1 aromatic rings. The second-order valence-electron chi connectivity index (χ2n) is 4.16. The van der Waals surface area contributed by atoms with Crippen LogP contribution >= 0.6 is 0 Å². The number of anilines is 2. The zero-order valence-electron chi connectivity index (χ0n) is 11.1. The minimum absolute atomic E-state index is 0.0703. The van der Waals surface area contributed by atoms with Crippen LogP contribution in [0.2, 0.25) is 0 Å². The molecule has 6 nitrogen and oxygen atoms in total. The first-order valence-corrected chi connectivity index (χ1v) is 6.02. The molecule has 0 saturated heterocycles. The highest BCUT2D eigenvalue weighted by molar-refractivity contribution is 5.92. The number of nitrogens with two attached hydrogens (primary N) is 1. The molecule has 0 aromatic heterocycles. The molecule has 0 aliphatic carbocycles. The summed E-state index contributed by atoms with van der Waals surface area (Å²) >= 11 is 0. The lowest BCUT2D eigenvalue weighted by molar-refractivity contribution is -0.119. The molecule has 19 heavy (non-hydrogen) atoms. The standard InChI is InChI=1S/C13H19N3O3/c1-9(7-8-14)12(17)15-10-3-5-11(6-4-10)16-13(18)19-2/h3-6,9H,7-8,14H2,1-2H3,(H,15,17)(H,16,18). The molecule has 1 unspecified atom stereocenters. The van der Waals surface area contributed by atoms with Crippen molar-refractivity contribution in [2.24, 2.45) is 11.7 Å². The Kier molecular flexibility index (Phi) is 5.81. The Balaban J connectivity index is 2.57. The Morgan fingerprint density at radius 1 is 1.21 bits per heavy atom. The summed E-state index contributed by atoms with van der Waals surface area (Å²) < 4.78 is 4.48. The first-order chi connectivity index (χ1) is 9.06. The molecular formula is C13H19N3O3. The van der Waals surface area contributed by atoms with Crippen molar-refractivity contribution in [2.45, 2.75) is 13.3 Å². The molecule has 104 valence electrons. The second kappa shape index (κ2) is 7.38. The molecule has 0 spiro atoms. The first-order valence-electron chi connectivity index (χ1n) is 6.02. The van der Waals surface area contributed by atoms with Crippen molar-refractivity contribution in [3.63, 3.8) is 0 Å². The van der Waals surface area contributed by atoms with E-state index in [-0.39, 0.29) is 11.8 Å². The Bertz CT molecular complexity index is 431. The fraction of sp³-hybridized carbons (Fsp3) is 0.385. The summed E-state index contributed by atoms with van der Waals surface area (Å²) in [7, 11) is 1.29. The van der Waals surface area contributed by atoms with Gasteiger partial charge in [-0.3, -0.25) is 10.1 Å². The van der Waals surface area contributed by atoms with Crippen LogP contribution in [-0.2, 0) is 9.53 Å². The average molecular weight is 265 g/mol. The van der Waals surface area contributed by atoms with Crippen molar-refractivity contribution in [2.75, 3.05) is 24.3 Å². The molecule has 0 aliphatic rings. The SMILES string of the molecule is COC(=O)Nc1ccc(NC(=O)C(C)CCN)cc1. The molecule has 0 bridgehead atoms. The predicted molar refractivity (Wildman–Crippen MR) is 73.9 cm³/mol. The normalized spacial score (nSPS) is 11.5. The molecule has 0 aliphatic heterocycles. The van der Waals surface area contributed by atoms with Crippen LogP contribution in [-0.4, -0.2) is 25.7 Å². The van der Waals surface area contributed by atoms with Crippen LogP contribution in [0, 0.1) is 5.92 Å². The van der Waals surface area contributed by atoms with Gasteiger partial charge >= 0.3 is 6.09 Å². The van der Waals surface area contributed by atoms with Crippen molar-refractivity contribution >= 4 is 23.4 Å². The second-order valence-corrected chi connectivity index (χ2v) is 4.16. The third kappa shape index (κ3) is 4.97. The summed E-state index contributed by atoms with van der Waals surface area (Å²) in [4.78, 5) is 22.7. The van der Waals surface area contributed by atoms with E-state index in [9.17, 15) is 9.59 Å². The number of carbonyl (C=O) groups is 2. The van der Waals surface area contributed by atoms with Crippen LogP contribution in [0.1, 0.15) is 13.3 Å². The van der Waals surface area contributed by atoms with E-state index in [1.807, 2.05) is 6.92 Å². The number of amides is 2. The van der Waals surface area contributed by atoms with Gasteiger partial charge in [-0.1, -0.05) is 6.92 Å². The zero-order chi connectivity index (χ0) is 14.3. The van der Waals surface area contributed by atoms with Gasteiger partial charge in [0.2, 0.25) is 5.91 Å². The lowest BCUT2D eigenvalue weighted by Gasteiger charge is -2.11. The average Bonchev–Trinajstić information content (AvgIpc) is 2.41. The van der Waals surface area contributed by atoms with Gasteiger partial charge in [-0.25, -0.2) is 4.79 Å². The maximum Gasteiger partial charge on any atom is 0.411 e. The van der Waals surface area contributed by atoms with E-state index in [0.717, 1.165) is 0 Å². The molecule has 4 N–H and O–H groups in total. The quantitative estimate of drug-likeness (QED) is 0.756. The highest BCUT2D eigenvalue weighted by atomic mass is 16.5. The Labute approximate surface area is 112 Å². The van der Waals surface area contributed by atoms with Crippen molar-refractivity contribution in [3.8, 4) is 0 Å². The highest BCUT2D eigenvalue weighted by Gasteiger charge is 2.11. The molecule has 1 rings (SSSR count). The van der Waals surface area contributed by atoms with Crippen molar-refractivity contribution in [1.82, 2.24) is 0 Å². The Hall–Kier alpha value is -2.08. The van der Waals surface area contributed by atoms with Crippen molar-refractivity contribution in [1.29, 1.82) is 0 Å². The fourth-order valence-corrected chi connectivity index (χ4v) is 1.45. The third-order valence-corrected chi connectivity index (χ3v) is 2.63. The number of hydrogen-bond acceptors (Lipinski definition) is 4. The van der Waals surface area contributed by atoms with E-state index in [1.165, 1.54) is 7.11 Å². The van der Waals surface area contributed by atoms with Gasteiger partial charge in [-0.15, -0.1) is 0 Å². The number of ether oxygens (including phenoxy) is 1. The predicted octanol–water partition coefficient (Wildman–Crippen LogP) is 1.79. The maximum atomic E-state index is 11.8. The lowest BCUT2D eigenvalue weighted by atomic mass is 10.1. The van der Waals surface area contributed by atoms with Gasteiger partial charge in [-0.2, -0.15) is 0 Å². The van der Waals surface area contributed by atoms with Crippen LogP contribution < -0.4 is 16.4 Å².